The topological polar surface area (TPSA) is 68.8 Å². The van der Waals surface area contributed by atoms with Crippen LogP contribution >= 0.6 is 0 Å². The third-order valence-electron chi connectivity index (χ3n) is 4.12. The Bertz CT molecular complexity index is 748. The molecule has 1 aliphatic heterocycles. The van der Waals surface area contributed by atoms with E-state index in [0.717, 1.165) is 23.3 Å². The van der Waals surface area contributed by atoms with Gasteiger partial charge in [-0.25, -0.2) is 4.79 Å². The molecule has 0 aliphatic carbocycles. The van der Waals surface area contributed by atoms with Gasteiger partial charge >= 0.3 is 6.03 Å². The van der Waals surface area contributed by atoms with Crippen molar-refractivity contribution in [2.45, 2.75) is 19.0 Å². The van der Waals surface area contributed by atoms with Gasteiger partial charge in [0, 0.05) is 6.54 Å². The van der Waals surface area contributed by atoms with Crippen LogP contribution in [0.15, 0.2) is 42.5 Å². The summed E-state index contributed by atoms with van der Waals surface area (Å²) in [6.45, 7) is 0.872. The van der Waals surface area contributed by atoms with Crippen LogP contribution in [0.25, 0.3) is 0 Å². The summed E-state index contributed by atoms with van der Waals surface area (Å²) in [7, 11) is 3.18. The van der Waals surface area contributed by atoms with E-state index in [9.17, 15) is 4.79 Å². The summed E-state index contributed by atoms with van der Waals surface area (Å²) in [6, 6.07) is 13.2. The number of carbonyl (C=O) groups is 1. The second-order valence-electron chi connectivity index (χ2n) is 5.84. The molecule has 2 N–H and O–H groups in total. The van der Waals surface area contributed by atoms with Crippen molar-refractivity contribution in [3.63, 3.8) is 0 Å². The Hall–Kier alpha value is -2.89. The van der Waals surface area contributed by atoms with Gasteiger partial charge in [-0.3, -0.25) is 0 Å². The molecule has 2 aromatic rings. The van der Waals surface area contributed by atoms with Gasteiger partial charge in [-0.05, 0) is 35.7 Å². The molecule has 132 valence electrons. The fourth-order valence-electron chi connectivity index (χ4n) is 2.83. The zero-order chi connectivity index (χ0) is 17.6. The maximum atomic E-state index is 12.1. The first kappa shape index (κ1) is 17.0. The quantitative estimate of drug-likeness (QED) is 0.876. The average molecular weight is 342 g/mol. The van der Waals surface area contributed by atoms with Gasteiger partial charge in [-0.1, -0.05) is 24.3 Å². The van der Waals surface area contributed by atoms with Crippen molar-refractivity contribution in [2.24, 2.45) is 0 Å². The molecule has 0 bridgehead atoms. The van der Waals surface area contributed by atoms with Crippen LogP contribution in [0.4, 0.5) is 4.79 Å². The van der Waals surface area contributed by atoms with Crippen LogP contribution in [0.5, 0.6) is 17.2 Å². The molecule has 1 atom stereocenters. The molecule has 6 heteroatoms. The lowest BCUT2D eigenvalue weighted by Gasteiger charge is -2.26. The molecule has 25 heavy (non-hydrogen) atoms. The van der Waals surface area contributed by atoms with E-state index in [1.807, 2.05) is 42.5 Å². The summed E-state index contributed by atoms with van der Waals surface area (Å²) >= 11 is 0. The normalized spacial score (nSPS) is 15.5. The average Bonchev–Trinajstić information content (AvgIpc) is 2.66. The van der Waals surface area contributed by atoms with Gasteiger partial charge < -0.3 is 24.8 Å². The van der Waals surface area contributed by atoms with Gasteiger partial charge in [-0.2, -0.15) is 0 Å². The molecule has 1 aliphatic rings. The summed E-state index contributed by atoms with van der Waals surface area (Å²) in [5.41, 5.74) is 2.04. The standard InChI is InChI=1S/C19H22N2O4/c1-23-17-8-7-13(9-18(17)24-2)11-20-19(22)21-15-10-14-5-3-4-6-16(14)25-12-15/h3-9,15H,10-12H2,1-2H3,(H2,20,21,22)/t15-/m1/s1. The first-order chi connectivity index (χ1) is 12.2. The minimum absolute atomic E-state index is 0.0414. The summed E-state index contributed by atoms with van der Waals surface area (Å²) < 4.78 is 16.2. The van der Waals surface area contributed by atoms with E-state index in [1.54, 1.807) is 14.2 Å². The number of amides is 2. The van der Waals surface area contributed by atoms with E-state index in [0.29, 0.717) is 24.7 Å². The lowest BCUT2D eigenvalue weighted by Crippen LogP contribution is -2.47. The molecular weight excluding hydrogens is 320 g/mol. The summed E-state index contributed by atoms with van der Waals surface area (Å²) in [5, 5.41) is 5.81. The molecule has 6 nitrogen and oxygen atoms in total. The van der Waals surface area contributed by atoms with Gasteiger partial charge in [-0.15, -0.1) is 0 Å². The largest absolute Gasteiger partial charge is 0.493 e. The molecule has 3 rings (SSSR count). The Morgan fingerprint density at radius 1 is 1.16 bits per heavy atom. The summed E-state index contributed by atoms with van der Waals surface area (Å²) in [4.78, 5) is 12.1. The number of para-hydroxylation sites is 1. The summed E-state index contributed by atoms with van der Waals surface area (Å²) in [5.74, 6) is 2.19. The van der Waals surface area contributed by atoms with Crippen LogP contribution in [-0.4, -0.2) is 32.9 Å². The fourth-order valence-corrected chi connectivity index (χ4v) is 2.83. The molecule has 0 spiro atoms. The number of rotatable bonds is 5. The van der Waals surface area contributed by atoms with E-state index in [2.05, 4.69) is 10.6 Å². The van der Waals surface area contributed by atoms with E-state index in [-0.39, 0.29) is 12.1 Å². The monoisotopic (exact) mass is 342 g/mol. The first-order valence-electron chi connectivity index (χ1n) is 8.15. The van der Waals surface area contributed by atoms with E-state index < -0.39 is 0 Å². The van der Waals surface area contributed by atoms with Crippen LogP contribution in [0.3, 0.4) is 0 Å². The SMILES string of the molecule is COc1ccc(CNC(=O)N[C@H]2COc3ccccc3C2)cc1OC. The molecular formula is C19H22N2O4. The van der Waals surface area contributed by atoms with Gasteiger partial charge in [0.25, 0.3) is 0 Å². The second kappa shape index (κ2) is 7.79. The maximum Gasteiger partial charge on any atom is 0.315 e. The highest BCUT2D eigenvalue weighted by molar-refractivity contribution is 5.74. The number of ether oxygens (including phenoxy) is 3. The Morgan fingerprint density at radius 2 is 1.96 bits per heavy atom. The van der Waals surface area contributed by atoms with Crippen LogP contribution < -0.4 is 24.8 Å². The van der Waals surface area contributed by atoms with E-state index in [4.69, 9.17) is 14.2 Å². The Balaban J connectivity index is 1.52. The van der Waals surface area contributed by atoms with Crippen molar-refractivity contribution in [1.82, 2.24) is 10.6 Å². The number of carbonyl (C=O) groups excluding carboxylic acids is 1. The smallest absolute Gasteiger partial charge is 0.315 e. The molecule has 1 heterocycles. The number of fused-ring (bicyclic) bond motifs is 1. The molecule has 0 radical (unpaired) electrons. The van der Waals surface area contributed by atoms with Crippen molar-refractivity contribution >= 4 is 6.03 Å². The maximum absolute atomic E-state index is 12.1. The fraction of sp³-hybridized carbons (Fsp3) is 0.316. The first-order valence-corrected chi connectivity index (χ1v) is 8.15. The predicted molar refractivity (Wildman–Crippen MR) is 94.3 cm³/mol. The molecule has 0 saturated carbocycles. The van der Waals surface area contributed by atoms with Crippen molar-refractivity contribution in [3.05, 3.63) is 53.6 Å². The van der Waals surface area contributed by atoms with Gasteiger partial charge in [0.05, 0.1) is 20.3 Å². The van der Waals surface area contributed by atoms with Crippen molar-refractivity contribution in [2.75, 3.05) is 20.8 Å². The van der Waals surface area contributed by atoms with Crippen molar-refractivity contribution in [3.8, 4) is 17.2 Å². The lowest BCUT2D eigenvalue weighted by molar-refractivity contribution is 0.214. The van der Waals surface area contributed by atoms with Crippen molar-refractivity contribution < 1.29 is 19.0 Å². The Labute approximate surface area is 147 Å². The number of methoxy groups -OCH3 is 2. The van der Waals surface area contributed by atoms with E-state index >= 15 is 0 Å². The highest BCUT2D eigenvalue weighted by Gasteiger charge is 2.20. The number of benzene rings is 2. The molecule has 0 saturated heterocycles. The molecule has 0 aromatic heterocycles. The van der Waals surface area contributed by atoms with E-state index in [1.165, 1.54) is 0 Å². The Morgan fingerprint density at radius 3 is 2.76 bits per heavy atom. The van der Waals surface area contributed by atoms with Gasteiger partial charge in [0.2, 0.25) is 0 Å². The number of hydrogen-bond acceptors (Lipinski definition) is 4. The zero-order valence-electron chi connectivity index (χ0n) is 14.4. The molecule has 2 amide bonds. The number of hydrogen-bond donors (Lipinski definition) is 2. The number of nitrogens with one attached hydrogen (secondary N) is 2. The zero-order valence-corrected chi connectivity index (χ0v) is 14.4. The van der Waals surface area contributed by atoms with Crippen LogP contribution in [0.1, 0.15) is 11.1 Å². The molecule has 0 unspecified atom stereocenters. The van der Waals surface area contributed by atoms with Crippen LogP contribution in [0, 0.1) is 0 Å². The molecule has 2 aromatic carbocycles. The third-order valence-corrected chi connectivity index (χ3v) is 4.12. The highest BCUT2D eigenvalue weighted by Crippen LogP contribution is 2.27. The second-order valence-corrected chi connectivity index (χ2v) is 5.84. The van der Waals surface area contributed by atoms with Crippen LogP contribution in [-0.2, 0) is 13.0 Å². The number of urea groups is 1. The van der Waals surface area contributed by atoms with Crippen molar-refractivity contribution in [1.29, 1.82) is 0 Å². The van der Waals surface area contributed by atoms with Crippen LogP contribution in [0.2, 0.25) is 0 Å². The lowest BCUT2D eigenvalue weighted by atomic mass is 10.0. The Kier molecular flexibility index (Phi) is 5.28. The van der Waals surface area contributed by atoms with Gasteiger partial charge in [0.1, 0.15) is 12.4 Å². The minimum atomic E-state index is -0.220. The summed E-state index contributed by atoms with van der Waals surface area (Å²) in [6.07, 6.45) is 0.764. The molecule has 0 fully saturated rings. The highest BCUT2D eigenvalue weighted by atomic mass is 16.5. The predicted octanol–water partition coefficient (Wildman–Crippen LogP) is 2.51. The third kappa shape index (κ3) is 4.15. The minimum Gasteiger partial charge on any atom is -0.493 e. The van der Waals surface area contributed by atoms with Gasteiger partial charge in [0.15, 0.2) is 11.5 Å².